The number of carbonyl (C=O) groups excluding carboxylic acids is 2. The lowest BCUT2D eigenvalue weighted by Gasteiger charge is -2.22. The third kappa shape index (κ3) is 47.9. The summed E-state index contributed by atoms with van der Waals surface area (Å²) in [4.78, 5) is 27.2. The Hall–Kier alpha value is -2.34. The molecule has 0 saturated heterocycles. The lowest BCUT2D eigenvalue weighted by atomic mass is 10.1. The molecule has 10 heteroatoms. The number of esters is 2. The van der Waals surface area contributed by atoms with Crippen molar-refractivity contribution in [2.24, 2.45) is 0 Å². The SMILES string of the molecule is CC/C=C\CCCOC(CCCCC(=O)OCCCCCCN(CCCO)CCCCCCOC(=O)CCCCC(OCCC/C=C\CC)OCCC/C=C\CC)OCCC/C=C\CC. The Morgan fingerprint density at radius 3 is 1.08 bits per heavy atom. The fraction of sp³-hybridized carbons (Fsp3) is 0.818. The molecule has 0 rings (SSSR count). The summed E-state index contributed by atoms with van der Waals surface area (Å²) in [6.07, 6.45) is 44.3. The highest BCUT2D eigenvalue weighted by atomic mass is 16.7. The minimum Gasteiger partial charge on any atom is -0.466 e. The molecule has 0 unspecified atom stereocenters. The average Bonchev–Trinajstić information content (AvgIpc) is 3.31. The van der Waals surface area contributed by atoms with Crippen molar-refractivity contribution in [2.75, 3.05) is 65.9 Å². The van der Waals surface area contributed by atoms with Gasteiger partial charge in [-0.05, 0) is 161 Å². The molecule has 0 fully saturated rings. The average molecular weight is 920 g/mol. The second kappa shape index (κ2) is 52.6. The van der Waals surface area contributed by atoms with E-state index >= 15 is 0 Å². The number of aliphatic hydroxyl groups excluding tert-OH is 1. The molecule has 0 aromatic carbocycles. The summed E-state index contributed by atoms with van der Waals surface area (Å²) >= 11 is 0. The Labute approximate surface area is 399 Å². The largest absolute Gasteiger partial charge is 0.466 e. The van der Waals surface area contributed by atoms with Crippen LogP contribution in [-0.4, -0.2) is 100 Å². The number of unbranched alkanes of at least 4 members (excludes halogenated alkanes) is 12. The Bertz CT molecular complexity index is 1000. The summed E-state index contributed by atoms with van der Waals surface area (Å²) in [5.74, 6) is -0.227. The maximum Gasteiger partial charge on any atom is 0.305 e. The molecule has 0 aliphatic rings. The van der Waals surface area contributed by atoms with E-state index in [0.29, 0.717) is 52.5 Å². The molecule has 1 N–H and O–H groups in total. The lowest BCUT2D eigenvalue weighted by Crippen LogP contribution is -2.28. The number of carbonyl (C=O) groups is 2. The topological polar surface area (TPSA) is 113 Å². The summed E-state index contributed by atoms with van der Waals surface area (Å²) in [5, 5.41) is 9.43. The van der Waals surface area contributed by atoms with Gasteiger partial charge in [0.05, 0.1) is 39.6 Å². The second-order valence-electron chi connectivity index (χ2n) is 17.1. The highest BCUT2D eigenvalue weighted by Crippen LogP contribution is 2.14. The van der Waals surface area contributed by atoms with Crippen LogP contribution >= 0.6 is 0 Å². The van der Waals surface area contributed by atoms with Crippen molar-refractivity contribution < 1.29 is 43.1 Å². The van der Waals surface area contributed by atoms with Gasteiger partial charge in [-0.25, -0.2) is 0 Å². The van der Waals surface area contributed by atoms with Crippen LogP contribution in [0.2, 0.25) is 0 Å². The molecule has 0 radical (unpaired) electrons. The van der Waals surface area contributed by atoms with Crippen LogP contribution in [0, 0.1) is 0 Å². The van der Waals surface area contributed by atoms with Gasteiger partial charge in [-0.15, -0.1) is 0 Å². The fourth-order valence-electron chi connectivity index (χ4n) is 7.12. The first-order chi connectivity index (χ1) is 32.0. The molecule has 0 aliphatic carbocycles. The van der Waals surface area contributed by atoms with E-state index in [4.69, 9.17) is 28.4 Å². The Kier molecular flexibility index (Phi) is 50.7. The summed E-state index contributed by atoms with van der Waals surface area (Å²) in [6, 6.07) is 0. The molecule has 0 atom stereocenters. The van der Waals surface area contributed by atoms with Crippen molar-refractivity contribution in [1.29, 1.82) is 0 Å². The number of hydrogen-bond donors (Lipinski definition) is 1. The van der Waals surface area contributed by atoms with Crippen LogP contribution < -0.4 is 0 Å². The summed E-state index contributed by atoms with van der Waals surface area (Å²) < 4.78 is 35.3. The number of ether oxygens (including phenoxy) is 6. The monoisotopic (exact) mass is 920 g/mol. The minimum atomic E-state index is -0.214. The van der Waals surface area contributed by atoms with Crippen LogP contribution in [0.15, 0.2) is 48.6 Å². The van der Waals surface area contributed by atoms with Gasteiger partial charge in [0.25, 0.3) is 0 Å². The van der Waals surface area contributed by atoms with Crippen LogP contribution in [0.4, 0.5) is 0 Å². The number of allylic oxidation sites excluding steroid dienone is 8. The van der Waals surface area contributed by atoms with Crippen molar-refractivity contribution in [2.45, 2.75) is 226 Å². The van der Waals surface area contributed by atoms with Crippen molar-refractivity contribution >= 4 is 11.9 Å². The van der Waals surface area contributed by atoms with Gasteiger partial charge in [0.2, 0.25) is 0 Å². The molecule has 0 spiro atoms. The van der Waals surface area contributed by atoms with Gasteiger partial charge in [0.15, 0.2) is 12.6 Å². The molecule has 0 aromatic rings. The number of aliphatic hydroxyl groups is 1. The second-order valence-corrected chi connectivity index (χ2v) is 17.1. The van der Waals surface area contributed by atoms with Gasteiger partial charge < -0.3 is 38.4 Å². The summed E-state index contributed by atoms with van der Waals surface area (Å²) in [5.41, 5.74) is 0. The van der Waals surface area contributed by atoms with E-state index in [0.717, 1.165) is 193 Å². The molecular weight excluding hydrogens is 819 g/mol. The van der Waals surface area contributed by atoms with Gasteiger partial charge in [0, 0.05) is 26.0 Å². The zero-order valence-electron chi connectivity index (χ0n) is 42.5. The number of nitrogens with zero attached hydrogens (tertiary/aromatic N) is 1. The fourth-order valence-corrected chi connectivity index (χ4v) is 7.12. The Balaban J connectivity index is 4.14. The molecule has 0 aliphatic heterocycles. The van der Waals surface area contributed by atoms with E-state index in [-0.39, 0.29) is 31.1 Å². The number of rotatable bonds is 51. The normalized spacial score (nSPS) is 12.2. The van der Waals surface area contributed by atoms with Gasteiger partial charge in [-0.1, -0.05) is 102 Å². The number of hydrogen-bond acceptors (Lipinski definition) is 10. The molecule has 0 aromatic heterocycles. The summed E-state index contributed by atoms with van der Waals surface area (Å²) in [6.45, 7) is 15.4. The first kappa shape index (κ1) is 62.7. The molecular formula is C55H101NO9. The van der Waals surface area contributed by atoms with Crippen molar-refractivity contribution in [3.05, 3.63) is 48.6 Å². The zero-order chi connectivity index (χ0) is 47.4. The van der Waals surface area contributed by atoms with E-state index in [9.17, 15) is 14.7 Å². The molecule has 65 heavy (non-hydrogen) atoms. The predicted molar refractivity (Wildman–Crippen MR) is 270 cm³/mol. The van der Waals surface area contributed by atoms with E-state index in [1.165, 1.54) is 0 Å². The third-order valence-corrected chi connectivity index (χ3v) is 10.9. The quantitative estimate of drug-likeness (QED) is 0.0274. The highest BCUT2D eigenvalue weighted by molar-refractivity contribution is 5.69. The minimum absolute atomic E-state index is 0.113. The summed E-state index contributed by atoms with van der Waals surface area (Å²) in [7, 11) is 0. The van der Waals surface area contributed by atoms with Crippen molar-refractivity contribution in [3.63, 3.8) is 0 Å². The van der Waals surface area contributed by atoms with Gasteiger partial charge in [0.1, 0.15) is 0 Å². The molecule has 380 valence electrons. The van der Waals surface area contributed by atoms with Crippen LogP contribution in [0.3, 0.4) is 0 Å². The van der Waals surface area contributed by atoms with Crippen LogP contribution in [0.1, 0.15) is 214 Å². The van der Waals surface area contributed by atoms with Crippen LogP contribution in [0.5, 0.6) is 0 Å². The van der Waals surface area contributed by atoms with Crippen molar-refractivity contribution in [1.82, 2.24) is 4.90 Å². The molecule has 0 saturated carbocycles. The van der Waals surface area contributed by atoms with Gasteiger partial charge >= 0.3 is 11.9 Å². The third-order valence-electron chi connectivity index (χ3n) is 10.9. The molecule has 0 heterocycles. The van der Waals surface area contributed by atoms with E-state index in [1.807, 2.05) is 0 Å². The molecule has 0 bridgehead atoms. The lowest BCUT2D eigenvalue weighted by molar-refractivity contribution is -0.149. The first-order valence-corrected chi connectivity index (χ1v) is 26.7. The van der Waals surface area contributed by atoms with Crippen molar-refractivity contribution in [3.8, 4) is 0 Å². The zero-order valence-corrected chi connectivity index (χ0v) is 42.5. The van der Waals surface area contributed by atoms with E-state index in [2.05, 4.69) is 81.2 Å². The molecule has 10 nitrogen and oxygen atoms in total. The maximum absolute atomic E-state index is 12.4. The smallest absolute Gasteiger partial charge is 0.305 e. The van der Waals surface area contributed by atoms with Gasteiger partial charge in [-0.2, -0.15) is 0 Å². The Morgan fingerprint density at radius 1 is 0.400 bits per heavy atom. The predicted octanol–water partition coefficient (Wildman–Crippen LogP) is 13.7. The molecule has 0 amide bonds. The maximum atomic E-state index is 12.4. The van der Waals surface area contributed by atoms with E-state index < -0.39 is 0 Å². The van der Waals surface area contributed by atoms with E-state index in [1.54, 1.807) is 0 Å². The first-order valence-electron chi connectivity index (χ1n) is 26.7. The Morgan fingerprint density at radius 2 is 0.738 bits per heavy atom. The van der Waals surface area contributed by atoms with Gasteiger partial charge in [-0.3, -0.25) is 9.59 Å². The standard InChI is InChI=1S/C55H101NO9/c1-5-9-13-19-33-48-62-54(63-49-34-20-14-10-6-2)40-27-25-38-52(58)60-46-31-23-17-29-42-56(44-37-45-57)43-30-18-24-32-47-61-53(59)39-26-28-41-55(64-50-35-21-15-11-7-3)65-51-36-22-16-12-8-4/h9-16,54-55,57H,5-8,17-51H2,1-4H3/b13-9-,14-10-,15-11-,16-12-. The highest BCUT2D eigenvalue weighted by Gasteiger charge is 2.13. The van der Waals surface area contributed by atoms with Crippen LogP contribution in [-0.2, 0) is 38.0 Å². The van der Waals surface area contributed by atoms with Crippen LogP contribution in [0.25, 0.3) is 0 Å².